The third kappa shape index (κ3) is 4.23. The largest absolute Gasteiger partial charge is 0.487 e. The Bertz CT molecular complexity index is 362. The van der Waals surface area contributed by atoms with Crippen molar-refractivity contribution in [1.29, 1.82) is 0 Å². The summed E-state index contributed by atoms with van der Waals surface area (Å²) < 4.78 is 32.3. The molecule has 0 radical (unpaired) electrons. The first-order chi connectivity index (χ1) is 8.58. The molecule has 0 aromatic heterocycles. The van der Waals surface area contributed by atoms with Crippen LogP contribution in [0.5, 0.6) is 5.75 Å². The number of ether oxygens (including phenoxy) is 1. The average molecular weight is 259 g/mol. The molecule has 0 aliphatic rings. The van der Waals surface area contributed by atoms with Crippen molar-refractivity contribution in [1.82, 2.24) is 5.32 Å². The van der Waals surface area contributed by atoms with E-state index in [1.165, 1.54) is 12.1 Å². The molecule has 0 fully saturated rings. The molecular formula is C13H19F2NO2. The molecule has 5 heteroatoms. The average Bonchev–Trinajstić information content (AvgIpc) is 2.34. The quantitative estimate of drug-likeness (QED) is 0.787. The van der Waals surface area contributed by atoms with E-state index < -0.39 is 11.6 Å². The highest BCUT2D eigenvalue weighted by atomic mass is 19.1. The van der Waals surface area contributed by atoms with E-state index in [1.807, 2.05) is 6.92 Å². The summed E-state index contributed by atoms with van der Waals surface area (Å²) in [5.74, 6) is -1.97. The lowest BCUT2D eigenvalue weighted by Gasteiger charge is -2.13. The number of nitrogens with one attached hydrogen (secondary N) is 1. The van der Waals surface area contributed by atoms with Crippen LogP contribution in [0.3, 0.4) is 0 Å². The van der Waals surface area contributed by atoms with Gasteiger partial charge in [-0.2, -0.15) is 0 Å². The van der Waals surface area contributed by atoms with Crippen molar-refractivity contribution in [3.8, 4) is 5.75 Å². The second-order valence-electron chi connectivity index (χ2n) is 4.27. The first-order valence-electron chi connectivity index (χ1n) is 6.00. The minimum atomic E-state index is -0.715. The maximum Gasteiger partial charge on any atom is 0.190 e. The number of rotatable bonds is 7. The van der Waals surface area contributed by atoms with Crippen molar-refractivity contribution in [3.05, 3.63) is 29.3 Å². The summed E-state index contributed by atoms with van der Waals surface area (Å²) in [6.45, 7) is 4.79. The zero-order chi connectivity index (χ0) is 13.5. The Kier molecular flexibility index (Phi) is 6.01. The first-order valence-corrected chi connectivity index (χ1v) is 6.00. The molecule has 0 spiro atoms. The molecule has 1 aromatic rings. The molecule has 0 amide bonds. The Labute approximate surface area is 106 Å². The fraction of sp³-hybridized carbons (Fsp3) is 0.538. The van der Waals surface area contributed by atoms with Crippen molar-refractivity contribution in [2.45, 2.75) is 20.4 Å². The van der Waals surface area contributed by atoms with Gasteiger partial charge in [0.25, 0.3) is 0 Å². The third-order valence-electron chi connectivity index (χ3n) is 2.46. The minimum Gasteiger partial charge on any atom is -0.487 e. The fourth-order valence-corrected chi connectivity index (χ4v) is 1.40. The van der Waals surface area contributed by atoms with Crippen molar-refractivity contribution in [2.75, 3.05) is 19.8 Å². The van der Waals surface area contributed by atoms with Gasteiger partial charge in [0.1, 0.15) is 0 Å². The number of benzene rings is 1. The molecule has 2 N–H and O–H groups in total. The van der Waals surface area contributed by atoms with Crippen LogP contribution in [0, 0.1) is 17.6 Å². The molecule has 0 bridgehead atoms. The van der Waals surface area contributed by atoms with Crippen LogP contribution in [0.25, 0.3) is 0 Å². The van der Waals surface area contributed by atoms with E-state index in [-0.39, 0.29) is 24.9 Å². The van der Waals surface area contributed by atoms with Crippen LogP contribution in [0.4, 0.5) is 8.78 Å². The molecule has 1 unspecified atom stereocenters. The number of halogens is 2. The van der Waals surface area contributed by atoms with Crippen LogP contribution in [0.1, 0.15) is 19.4 Å². The van der Waals surface area contributed by atoms with Crippen LogP contribution < -0.4 is 10.1 Å². The fourth-order valence-electron chi connectivity index (χ4n) is 1.40. The van der Waals surface area contributed by atoms with Crippen molar-refractivity contribution >= 4 is 0 Å². The zero-order valence-corrected chi connectivity index (χ0v) is 10.7. The zero-order valence-electron chi connectivity index (χ0n) is 10.7. The molecule has 0 saturated heterocycles. The lowest BCUT2D eigenvalue weighted by molar-refractivity contribution is 0.167. The van der Waals surface area contributed by atoms with Crippen molar-refractivity contribution in [3.63, 3.8) is 0 Å². The molecule has 0 saturated carbocycles. The summed E-state index contributed by atoms with van der Waals surface area (Å²) in [5.41, 5.74) is 0.536. The highest BCUT2D eigenvalue weighted by molar-refractivity contribution is 5.31. The topological polar surface area (TPSA) is 41.5 Å². The highest BCUT2D eigenvalue weighted by Crippen LogP contribution is 2.23. The number of aliphatic hydroxyl groups is 1. The molecule has 102 valence electrons. The molecule has 0 aliphatic carbocycles. The molecule has 3 nitrogen and oxygen atoms in total. The van der Waals surface area contributed by atoms with Crippen LogP contribution in [0.2, 0.25) is 0 Å². The Morgan fingerprint density at radius 3 is 2.44 bits per heavy atom. The van der Waals surface area contributed by atoms with E-state index in [1.54, 1.807) is 6.92 Å². The van der Waals surface area contributed by atoms with Crippen molar-refractivity contribution < 1.29 is 18.6 Å². The van der Waals surface area contributed by atoms with Gasteiger partial charge >= 0.3 is 0 Å². The number of hydrogen-bond donors (Lipinski definition) is 2. The first kappa shape index (κ1) is 14.9. The molecule has 0 heterocycles. The SMILES string of the molecule is CCNCc1cc(F)c(OCC(C)CO)c(F)c1. The lowest BCUT2D eigenvalue weighted by atomic mass is 10.2. The normalized spacial score (nSPS) is 12.5. The summed E-state index contributed by atoms with van der Waals surface area (Å²) in [7, 11) is 0. The molecule has 1 aromatic carbocycles. The summed E-state index contributed by atoms with van der Waals surface area (Å²) >= 11 is 0. The van der Waals surface area contributed by atoms with Gasteiger partial charge in [0.05, 0.1) is 6.61 Å². The lowest BCUT2D eigenvalue weighted by Crippen LogP contribution is -2.15. The summed E-state index contributed by atoms with van der Waals surface area (Å²) in [5, 5.41) is 11.8. The second kappa shape index (κ2) is 7.28. The van der Waals surface area contributed by atoms with Crippen LogP contribution in [-0.2, 0) is 6.54 Å². The van der Waals surface area contributed by atoms with E-state index in [0.29, 0.717) is 12.1 Å². The van der Waals surface area contributed by atoms with Crippen LogP contribution in [0.15, 0.2) is 12.1 Å². The number of aliphatic hydroxyl groups excluding tert-OH is 1. The van der Waals surface area contributed by atoms with Gasteiger partial charge in [-0.3, -0.25) is 0 Å². The Morgan fingerprint density at radius 2 is 1.94 bits per heavy atom. The summed E-state index contributed by atoms with van der Waals surface area (Å²) in [4.78, 5) is 0. The monoisotopic (exact) mass is 259 g/mol. The second-order valence-corrected chi connectivity index (χ2v) is 4.27. The van der Waals surface area contributed by atoms with Gasteiger partial charge in [0.15, 0.2) is 17.4 Å². The van der Waals surface area contributed by atoms with E-state index >= 15 is 0 Å². The van der Waals surface area contributed by atoms with Gasteiger partial charge in [-0.1, -0.05) is 13.8 Å². The van der Waals surface area contributed by atoms with E-state index in [2.05, 4.69) is 5.32 Å². The van der Waals surface area contributed by atoms with Gasteiger partial charge in [-0.25, -0.2) is 8.78 Å². The predicted octanol–water partition coefficient (Wildman–Crippen LogP) is 2.08. The molecular weight excluding hydrogens is 240 g/mol. The molecule has 0 aliphatic heterocycles. The maximum atomic E-state index is 13.6. The van der Waals surface area contributed by atoms with Gasteiger partial charge in [0.2, 0.25) is 0 Å². The predicted molar refractivity (Wildman–Crippen MR) is 65.5 cm³/mol. The van der Waals surface area contributed by atoms with E-state index in [0.717, 1.165) is 6.54 Å². The summed E-state index contributed by atoms with van der Waals surface area (Å²) in [6.07, 6.45) is 0. The van der Waals surface area contributed by atoms with E-state index in [9.17, 15) is 8.78 Å². The van der Waals surface area contributed by atoms with Gasteiger partial charge in [-0.05, 0) is 24.2 Å². The van der Waals surface area contributed by atoms with Gasteiger partial charge < -0.3 is 15.2 Å². The summed E-state index contributed by atoms with van der Waals surface area (Å²) in [6, 6.07) is 2.51. The molecule has 18 heavy (non-hydrogen) atoms. The van der Waals surface area contributed by atoms with Crippen LogP contribution in [-0.4, -0.2) is 24.9 Å². The molecule has 1 rings (SSSR count). The maximum absolute atomic E-state index is 13.6. The van der Waals surface area contributed by atoms with E-state index in [4.69, 9.17) is 9.84 Å². The highest BCUT2D eigenvalue weighted by Gasteiger charge is 2.13. The third-order valence-corrected chi connectivity index (χ3v) is 2.46. The van der Waals surface area contributed by atoms with Gasteiger partial charge in [0, 0.05) is 19.1 Å². The Hall–Kier alpha value is -1.20. The van der Waals surface area contributed by atoms with Crippen molar-refractivity contribution in [2.24, 2.45) is 5.92 Å². The smallest absolute Gasteiger partial charge is 0.190 e. The standard InChI is InChI=1S/C13H19F2NO2/c1-3-16-6-10-4-11(14)13(12(15)5-10)18-8-9(2)7-17/h4-5,9,16-17H,3,6-8H2,1-2H3. The Balaban J connectivity index is 2.74. The van der Waals surface area contributed by atoms with Gasteiger partial charge in [-0.15, -0.1) is 0 Å². The number of hydrogen-bond acceptors (Lipinski definition) is 3. The molecule has 1 atom stereocenters. The van der Waals surface area contributed by atoms with Crippen LogP contribution >= 0.6 is 0 Å². The Morgan fingerprint density at radius 1 is 1.33 bits per heavy atom. The minimum absolute atomic E-state index is 0.0803.